The number of hydrogen-bond acceptors (Lipinski definition) is 5. The average molecular weight is 389 g/mol. The van der Waals surface area contributed by atoms with E-state index in [0.717, 1.165) is 56.8 Å². The van der Waals surface area contributed by atoms with Gasteiger partial charge in [-0.15, -0.1) is 0 Å². The maximum Gasteiger partial charge on any atom is 0.251 e. The fourth-order valence-electron chi connectivity index (χ4n) is 4.36. The SMILES string of the molecule is COCCCN1CCC2(CC1)C(=O)N(C)c1ccc(C(=O)NCCCO)cc12. The highest BCUT2D eigenvalue weighted by molar-refractivity contribution is 6.09. The third-order valence-electron chi connectivity index (χ3n) is 6.00. The molecule has 1 fully saturated rings. The van der Waals surface area contributed by atoms with Gasteiger partial charge in [-0.3, -0.25) is 9.59 Å². The summed E-state index contributed by atoms with van der Waals surface area (Å²) in [5, 5.41) is 11.7. The maximum absolute atomic E-state index is 13.2. The maximum atomic E-state index is 13.2. The molecule has 0 saturated carbocycles. The molecule has 2 heterocycles. The number of anilines is 1. The van der Waals surface area contributed by atoms with Gasteiger partial charge >= 0.3 is 0 Å². The van der Waals surface area contributed by atoms with E-state index in [-0.39, 0.29) is 18.4 Å². The quantitative estimate of drug-likeness (QED) is 0.652. The Bertz CT molecular complexity index is 714. The average Bonchev–Trinajstić information content (AvgIpc) is 2.91. The Morgan fingerprint density at radius 1 is 1.29 bits per heavy atom. The summed E-state index contributed by atoms with van der Waals surface area (Å²) in [6, 6.07) is 5.55. The first-order chi connectivity index (χ1) is 13.5. The molecule has 7 heteroatoms. The number of rotatable bonds is 8. The molecule has 1 aromatic carbocycles. The molecule has 2 amide bonds. The molecule has 2 aliphatic heterocycles. The van der Waals surface area contributed by atoms with Crippen LogP contribution in [0.25, 0.3) is 0 Å². The van der Waals surface area contributed by atoms with Crippen LogP contribution in [-0.4, -0.2) is 75.4 Å². The van der Waals surface area contributed by atoms with Crippen molar-refractivity contribution >= 4 is 17.5 Å². The van der Waals surface area contributed by atoms with Crippen LogP contribution in [0.4, 0.5) is 5.69 Å². The summed E-state index contributed by atoms with van der Waals surface area (Å²) < 4.78 is 5.14. The van der Waals surface area contributed by atoms with Gasteiger partial charge in [-0.2, -0.15) is 0 Å². The lowest BCUT2D eigenvalue weighted by Gasteiger charge is -2.38. The van der Waals surface area contributed by atoms with Crippen molar-refractivity contribution in [1.82, 2.24) is 10.2 Å². The van der Waals surface area contributed by atoms with Gasteiger partial charge in [-0.05, 0) is 62.5 Å². The van der Waals surface area contributed by atoms with E-state index in [1.54, 1.807) is 18.1 Å². The third kappa shape index (κ3) is 3.92. The first-order valence-corrected chi connectivity index (χ1v) is 10.1. The summed E-state index contributed by atoms with van der Waals surface area (Å²) in [4.78, 5) is 29.7. The molecule has 0 atom stereocenters. The second kappa shape index (κ2) is 9.03. The molecule has 0 bridgehead atoms. The van der Waals surface area contributed by atoms with Crippen molar-refractivity contribution in [3.63, 3.8) is 0 Å². The van der Waals surface area contributed by atoms with Crippen LogP contribution >= 0.6 is 0 Å². The molecule has 1 aromatic rings. The van der Waals surface area contributed by atoms with E-state index in [2.05, 4.69) is 10.2 Å². The van der Waals surface area contributed by atoms with E-state index in [9.17, 15) is 9.59 Å². The van der Waals surface area contributed by atoms with Crippen LogP contribution in [-0.2, 0) is 14.9 Å². The van der Waals surface area contributed by atoms with Crippen molar-refractivity contribution in [3.05, 3.63) is 29.3 Å². The van der Waals surface area contributed by atoms with Gasteiger partial charge in [-0.1, -0.05) is 0 Å². The fourth-order valence-corrected chi connectivity index (χ4v) is 4.36. The van der Waals surface area contributed by atoms with E-state index >= 15 is 0 Å². The highest BCUT2D eigenvalue weighted by Crippen LogP contribution is 2.47. The van der Waals surface area contributed by atoms with Gasteiger partial charge < -0.3 is 25.0 Å². The minimum absolute atomic E-state index is 0.0494. The number of nitrogens with zero attached hydrogens (tertiary/aromatic N) is 2. The van der Waals surface area contributed by atoms with Gasteiger partial charge in [0.1, 0.15) is 0 Å². The van der Waals surface area contributed by atoms with E-state index in [1.807, 2.05) is 19.2 Å². The minimum atomic E-state index is -0.525. The lowest BCUT2D eigenvalue weighted by molar-refractivity contribution is -0.124. The Kier molecular flexibility index (Phi) is 6.69. The van der Waals surface area contributed by atoms with Crippen LogP contribution in [0.15, 0.2) is 18.2 Å². The first-order valence-electron chi connectivity index (χ1n) is 10.1. The molecular formula is C21H31N3O4. The van der Waals surface area contributed by atoms with E-state index in [0.29, 0.717) is 18.5 Å². The number of carbonyl (C=O) groups is 2. The van der Waals surface area contributed by atoms with Crippen LogP contribution in [0.5, 0.6) is 0 Å². The number of aliphatic hydroxyl groups excluding tert-OH is 1. The van der Waals surface area contributed by atoms with Gasteiger partial charge in [0.2, 0.25) is 5.91 Å². The first kappa shape index (κ1) is 20.8. The van der Waals surface area contributed by atoms with Crippen molar-refractivity contribution in [2.24, 2.45) is 0 Å². The van der Waals surface area contributed by atoms with E-state index in [1.165, 1.54) is 0 Å². The molecule has 2 N–H and O–H groups in total. The Morgan fingerprint density at radius 3 is 2.71 bits per heavy atom. The van der Waals surface area contributed by atoms with E-state index < -0.39 is 5.41 Å². The number of nitrogens with one attached hydrogen (secondary N) is 1. The molecule has 0 radical (unpaired) electrons. The number of carbonyl (C=O) groups excluding carboxylic acids is 2. The number of fused-ring (bicyclic) bond motifs is 2. The second-order valence-corrected chi connectivity index (χ2v) is 7.70. The lowest BCUT2D eigenvalue weighted by Crippen LogP contribution is -2.48. The Morgan fingerprint density at radius 2 is 2.04 bits per heavy atom. The normalized spacial score (nSPS) is 18.5. The van der Waals surface area contributed by atoms with Crippen LogP contribution < -0.4 is 10.2 Å². The zero-order chi connectivity index (χ0) is 20.1. The van der Waals surface area contributed by atoms with Gasteiger partial charge in [0, 0.05) is 51.7 Å². The highest BCUT2D eigenvalue weighted by atomic mass is 16.5. The summed E-state index contributed by atoms with van der Waals surface area (Å²) in [5.74, 6) is -0.0257. The van der Waals surface area contributed by atoms with Crippen molar-refractivity contribution in [2.75, 3.05) is 58.5 Å². The minimum Gasteiger partial charge on any atom is -0.396 e. The zero-order valence-electron chi connectivity index (χ0n) is 16.9. The predicted molar refractivity (Wildman–Crippen MR) is 108 cm³/mol. The van der Waals surface area contributed by atoms with Crippen LogP contribution in [0.2, 0.25) is 0 Å². The van der Waals surface area contributed by atoms with Gasteiger partial charge in [-0.25, -0.2) is 0 Å². The van der Waals surface area contributed by atoms with Crippen LogP contribution in [0.1, 0.15) is 41.6 Å². The molecule has 2 aliphatic rings. The van der Waals surface area contributed by atoms with Gasteiger partial charge in [0.15, 0.2) is 0 Å². The zero-order valence-corrected chi connectivity index (χ0v) is 16.9. The van der Waals surface area contributed by atoms with Gasteiger partial charge in [0.05, 0.1) is 5.41 Å². The molecule has 7 nitrogen and oxygen atoms in total. The lowest BCUT2D eigenvalue weighted by atomic mass is 9.73. The molecule has 1 spiro atoms. The largest absolute Gasteiger partial charge is 0.396 e. The Labute approximate surface area is 166 Å². The Hall–Kier alpha value is -1.96. The second-order valence-electron chi connectivity index (χ2n) is 7.70. The van der Waals surface area contributed by atoms with Gasteiger partial charge in [0.25, 0.3) is 5.91 Å². The third-order valence-corrected chi connectivity index (χ3v) is 6.00. The molecule has 0 unspecified atom stereocenters. The monoisotopic (exact) mass is 389 g/mol. The Balaban J connectivity index is 1.77. The van der Waals surface area contributed by atoms with Crippen molar-refractivity contribution in [1.29, 1.82) is 0 Å². The number of hydrogen-bond donors (Lipinski definition) is 2. The number of likely N-dealkylation sites (N-methyl/N-ethyl adjacent to an activating group) is 1. The number of amides is 2. The molecular weight excluding hydrogens is 358 g/mol. The number of piperidine rings is 1. The van der Waals surface area contributed by atoms with Crippen LogP contribution in [0, 0.1) is 0 Å². The molecule has 0 aliphatic carbocycles. The summed E-state index contributed by atoms with van der Waals surface area (Å²) in [6.45, 7) is 3.96. The van der Waals surface area contributed by atoms with Crippen LogP contribution in [0.3, 0.4) is 0 Å². The van der Waals surface area contributed by atoms with E-state index in [4.69, 9.17) is 9.84 Å². The summed E-state index contributed by atoms with van der Waals surface area (Å²) in [7, 11) is 3.54. The fraction of sp³-hybridized carbons (Fsp3) is 0.619. The predicted octanol–water partition coefficient (Wildman–Crippen LogP) is 1.15. The molecule has 0 aromatic heterocycles. The topological polar surface area (TPSA) is 82.1 Å². The van der Waals surface area contributed by atoms with Crippen molar-refractivity contribution < 1.29 is 19.4 Å². The summed E-state index contributed by atoms with van der Waals surface area (Å²) in [6.07, 6.45) is 3.06. The molecule has 154 valence electrons. The summed E-state index contributed by atoms with van der Waals surface area (Å²) in [5.41, 5.74) is 1.93. The smallest absolute Gasteiger partial charge is 0.251 e. The number of aliphatic hydroxyl groups is 1. The molecule has 28 heavy (non-hydrogen) atoms. The number of ether oxygens (including phenoxy) is 1. The number of methoxy groups -OCH3 is 1. The molecule has 3 rings (SSSR count). The van der Waals surface area contributed by atoms with Crippen molar-refractivity contribution in [3.8, 4) is 0 Å². The van der Waals surface area contributed by atoms with Crippen molar-refractivity contribution in [2.45, 2.75) is 31.1 Å². The number of likely N-dealkylation sites (tertiary alicyclic amines) is 1. The summed E-state index contributed by atoms with van der Waals surface area (Å²) >= 11 is 0. The standard InChI is InChI=1S/C21H31N3O4/c1-23-18-6-5-16(19(26)22-9-3-13-25)15-17(18)21(20(23)27)7-11-24(12-8-21)10-4-14-28-2/h5-6,15,25H,3-4,7-14H2,1-2H3,(H,22,26). The molecule has 1 saturated heterocycles. The highest BCUT2D eigenvalue weighted by Gasteiger charge is 2.51. The number of benzene rings is 1.